The van der Waals surface area contributed by atoms with Gasteiger partial charge in [0.25, 0.3) is 5.91 Å². The van der Waals surface area contributed by atoms with Crippen LogP contribution in [-0.4, -0.2) is 53.9 Å². The van der Waals surface area contributed by atoms with Gasteiger partial charge in [0.2, 0.25) is 0 Å². The average Bonchev–Trinajstić information content (AvgIpc) is 3.16. The molecule has 2 aliphatic rings. The van der Waals surface area contributed by atoms with Gasteiger partial charge in [-0.25, -0.2) is 4.98 Å². The molecule has 5 nitrogen and oxygen atoms in total. The van der Waals surface area contributed by atoms with Crippen molar-refractivity contribution in [2.75, 3.05) is 38.5 Å². The van der Waals surface area contributed by atoms with Crippen LogP contribution in [0.5, 0.6) is 0 Å². The fraction of sp³-hybridized carbons (Fsp3) is 0.520. The van der Waals surface area contributed by atoms with E-state index in [0.29, 0.717) is 5.92 Å². The fourth-order valence-electron chi connectivity index (χ4n) is 5.04. The number of likely N-dealkylation sites (tertiary alicyclic amines) is 2. The van der Waals surface area contributed by atoms with Crippen LogP contribution in [0.4, 0.5) is 5.82 Å². The fourth-order valence-corrected chi connectivity index (χ4v) is 5.04. The highest BCUT2D eigenvalue weighted by Gasteiger charge is 2.42. The van der Waals surface area contributed by atoms with Gasteiger partial charge in [0.05, 0.1) is 0 Å². The Bertz CT molecular complexity index is 879. The number of pyridine rings is 1. The molecule has 0 bridgehead atoms. The third kappa shape index (κ3) is 4.51. The Hall–Kier alpha value is -2.40. The lowest BCUT2D eigenvalue weighted by atomic mass is 9.79. The zero-order valence-electron chi connectivity index (χ0n) is 18.5. The van der Waals surface area contributed by atoms with E-state index >= 15 is 0 Å². The summed E-state index contributed by atoms with van der Waals surface area (Å²) in [6.07, 6.45) is 5.24. The second kappa shape index (κ2) is 8.76. The number of nitrogens with one attached hydrogen (secondary N) is 1. The topological polar surface area (TPSA) is 48.5 Å². The van der Waals surface area contributed by atoms with Crippen LogP contribution in [0, 0.1) is 5.41 Å². The molecule has 2 saturated heterocycles. The molecule has 1 atom stereocenters. The minimum absolute atomic E-state index is 0.132. The highest BCUT2D eigenvalue weighted by atomic mass is 16.2. The molecule has 5 heteroatoms. The maximum Gasteiger partial charge on any atom is 0.254 e. The van der Waals surface area contributed by atoms with E-state index in [1.807, 2.05) is 19.2 Å². The first kappa shape index (κ1) is 20.9. The van der Waals surface area contributed by atoms with Crippen LogP contribution in [0.3, 0.4) is 0 Å². The summed E-state index contributed by atoms with van der Waals surface area (Å²) in [4.78, 5) is 21.9. The van der Waals surface area contributed by atoms with E-state index in [1.54, 1.807) is 6.20 Å². The van der Waals surface area contributed by atoms with E-state index in [-0.39, 0.29) is 11.3 Å². The van der Waals surface area contributed by atoms with Gasteiger partial charge in [-0.1, -0.05) is 38.1 Å². The Morgan fingerprint density at radius 3 is 2.67 bits per heavy atom. The van der Waals surface area contributed by atoms with Crippen molar-refractivity contribution in [3.8, 4) is 0 Å². The molecule has 0 aliphatic carbocycles. The summed E-state index contributed by atoms with van der Waals surface area (Å²) in [7, 11) is 1.83. The molecule has 30 heavy (non-hydrogen) atoms. The smallest absolute Gasteiger partial charge is 0.254 e. The van der Waals surface area contributed by atoms with Crippen LogP contribution >= 0.6 is 0 Å². The number of aromatic nitrogens is 1. The van der Waals surface area contributed by atoms with Crippen molar-refractivity contribution in [1.82, 2.24) is 14.8 Å². The second-order valence-electron chi connectivity index (χ2n) is 9.37. The largest absolute Gasteiger partial charge is 0.373 e. The van der Waals surface area contributed by atoms with E-state index in [2.05, 4.69) is 58.2 Å². The number of hydrogen-bond donors (Lipinski definition) is 1. The van der Waals surface area contributed by atoms with Crippen LogP contribution in [0.15, 0.2) is 42.6 Å². The summed E-state index contributed by atoms with van der Waals surface area (Å²) < 4.78 is 0. The van der Waals surface area contributed by atoms with Crippen molar-refractivity contribution >= 4 is 11.7 Å². The molecule has 1 spiro atoms. The van der Waals surface area contributed by atoms with Gasteiger partial charge in [-0.3, -0.25) is 9.69 Å². The first-order valence-corrected chi connectivity index (χ1v) is 11.2. The minimum atomic E-state index is 0.132. The first-order chi connectivity index (χ1) is 14.5. The average molecular weight is 407 g/mol. The zero-order chi connectivity index (χ0) is 21.1. The number of hydrogen-bond acceptors (Lipinski definition) is 4. The molecule has 3 heterocycles. The lowest BCUT2D eigenvalue weighted by molar-refractivity contribution is 0.0675. The summed E-state index contributed by atoms with van der Waals surface area (Å²) >= 11 is 0. The Labute approximate surface area is 180 Å². The molecular weight excluding hydrogens is 372 g/mol. The number of rotatable bonds is 5. The number of piperidine rings is 1. The molecule has 0 saturated carbocycles. The van der Waals surface area contributed by atoms with Crippen LogP contribution < -0.4 is 5.32 Å². The lowest BCUT2D eigenvalue weighted by Gasteiger charge is -2.40. The molecule has 160 valence electrons. The number of carbonyl (C=O) groups is 1. The Morgan fingerprint density at radius 2 is 1.93 bits per heavy atom. The maximum absolute atomic E-state index is 13.1. The van der Waals surface area contributed by atoms with Crippen molar-refractivity contribution < 1.29 is 4.79 Å². The second-order valence-corrected chi connectivity index (χ2v) is 9.37. The highest BCUT2D eigenvalue weighted by molar-refractivity contribution is 5.95. The van der Waals surface area contributed by atoms with Gasteiger partial charge < -0.3 is 10.2 Å². The normalized spacial score (nSPS) is 22.1. The number of nitrogens with zero attached hydrogens (tertiary/aromatic N) is 3. The zero-order valence-corrected chi connectivity index (χ0v) is 18.5. The molecule has 1 aromatic heterocycles. The van der Waals surface area contributed by atoms with Crippen molar-refractivity contribution in [2.24, 2.45) is 5.41 Å². The third-order valence-electron chi connectivity index (χ3n) is 6.78. The van der Waals surface area contributed by atoms with Crippen molar-refractivity contribution in [3.63, 3.8) is 0 Å². The van der Waals surface area contributed by atoms with E-state index < -0.39 is 0 Å². The molecule has 2 aliphatic heterocycles. The number of anilines is 1. The van der Waals surface area contributed by atoms with Gasteiger partial charge in [0, 0.05) is 50.4 Å². The standard InChI is InChI=1S/C25H34N4O/c1-19(2)21-7-5-20(6-8-21)16-28-13-4-10-25(17-28)11-14-29(18-25)24(30)22-9-12-27-23(15-22)26-3/h5-9,12,15,19H,4,10-11,13-14,16-18H2,1-3H3,(H,26,27). The van der Waals surface area contributed by atoms with Gasteiger partial charge >= 0.3 is 0 Å². The third-order valence-corrected chi connectivity index (χ3v) is 6.78. The van der Waals surface area contributed by atoms with E-state index in [1.165, 1.54) is 24.0 Å². The molecule has 0 radical (unpaired) electrons. The van der Waals surface area contributed by atoms with Crippen molar-refractivity contribution in [1.29, 1.82) is 0 Å². The van der Waals surface area contributed by atoms with Gasteiger partial charge in [0.15, 0.2) is 0 Å². The molecule has 2 aromatic rings. The Morgan fingerprint density at radius 1 is 1.13 bits per heavy atom. The summed E-state index contributed by atoms with van der Waals surface area (Å²) in [5.74, 6) is 1.44. The monoisotopic (exact) mass is 406 g/mol. The quantitative estimate of drug-likeness (QED) is 0.801. The Balaban J connectivity index is 1.39. The maximum atomic E-state index is 13.1. The first-order valence-electron chi connectivity index (χ1n) is 11.2. The highest BCUT2D eigenvalue weighted by Crippen LogP contribution is 2.40. The summed E-state index contributed by atoms with van der Waals surface area (Å²) in [5, 5.41) is 3.02. The van der Waals surface area contributed by atoms with Crippen molar-refractivity contribution in [2.45, 2.75) is 45.6 Å². The predicted octanol–water partition coefficient (Wildman–Crippen LogP) is 4.38. The molecule has 2 fully saturated rings. The van der Waals surface area contributed by atoms with Crippen LogP contribution in [0.25, 0.3) is 0 Å². The molecule has 1 amide bonds. The van der Waals surface area contributed by atoms with Crippen LogP contribution in [0.2, 0.25) is 0 Å². The van der Waals surface area contributed by atoms with E-state index in [0.717, 1.165) is 50.5 Å². The Kier molecular flexibility index (Phi) is 6.09. The number of carbonyl (C=O) groups excluding carboxylic acids is 1. The molecule has 4 rings (SSSR count). The lowest BCUT2D eigenvalue weighted by Crippen LogP contribution is -2.45. The van der Waals surface area contributed by atoms with Crippen molar-refractivity contribution in [3.05, 3.63) is 59.3 Å². The summed E-state index contributed by atoms with van der Waals surface area (Å²) in [6.45, 7) is 9.44. The molecular formula is C25H34N4O. The van der Waals surface area contributed by atoms with Crippen LogP contribution in [-0.2, 0) is 6.54 Å². The summed E-state index contributed by atoms with van der Waals surface area (Å²) in [6, 6.07) is 12.8. The van der Waals surface area contributed by atoms with Crippen LogP contribution in [0.1, 0.15) is 60.5 Å². The SMILES string of the molecule is CNc1cc(C(=O)N2CCC3(CCCN(Cc4ccc(C(C)C)cc4)C3)C2)ccn1. The van der Waals surface area contributed by atoms with Gasteiger partial charge in [-0.15, -0.1) is 0 Å². The molecule has 1 N–H and O–H groups in total. The van der Waals surface area contributed by atoms with Gasteiger partial charge in [-0.05, 0) is 55.0 Å². The number of benzene rings is 1. The predicted molar refractivity (Wildman–Crippen MR) is 122 cm³/mol. The number of amides is 1. The minimum Gasteiger partial charge on any atom is -0.373 e. The van der Waals surface area contributed by atoms with E-state index in [4.69, 9.17) is 0 Å². The molecule has 1 aromatic carbocycles. The van der Waals surface area contributed by atoms with Gasteiger partial charge in [0.1, 0.15) is 5.82 Å². The summed E-state index contributed by atoms with van der Waals surface area (Å²) in [5.41, 5.74) is 3.75. The van der Waals surface area contributed by atoms with Gasteiger partial charge in [-0.2, -0.15) is 0 Å². The van der Waals surface area contributed by atoms with E-state index in [9.17, 15) is 4.79 Å². The molecule has 1 unspecified atom stereocenters.